The Bertz CT molecular complexity index is 370. The minimum Gasteiger partial charge on any atom is -0.370 e. The largest absolute Gasteiger partial charge is 0.370 e. The van der Waals surface area contributed by atoms with Crippen LogP contribution in [0.2, 0.25) is 0 Å². The first-order chi connectivity index (χ1) is 8.75. The molecule has 1 saturated heterocycles. The van der Waals surface area contributed by atoms with Gasteiger partial charge in [0.1, 0.15) is 0 Å². The molecule has 0 spiro atoms. The van der Waals surface area contributed by atoms with Crippen molar-refractivity contribution in [3.8, 4) is 0 Å². The highest BCUT2D eigenvalue weighted by Gasteiger charge is 2.12. The van der Waals surface area contributed by atoms with Gasteiger partial charge in [-0.3, -0.25) is 9.67 Å². The predicted octanol–water partition coefficient (Wildman–Crippen LogP) is 0.883. The molecule has 2 heterocycles. The molecule has 1 aromatic rings. The highest BCUT2D eigenvalue weighted by Crippen LogP contribution is 2.09. The smallest absolute Gasteiger partial charge is 0.191 e. The van der Waals surface area contributed by atoms with E-state index >= 15 is 0 Å². The summed E-state index contributed by atoms with van der Waals surface area (Å²) in [5.41, 5.74) is 6.01. The first-order valence-corrected chi connectivity index (χ1v) is 7.51. The van der Waals surface area contributed by atoms with E-state index in [9.17, 15) is 0 Å². The van der Waals surface area contributed by atoms with E-state index in [1.54, 1.807) is 6.20 Å². The van der Waals surface area contributed by atoms with Crippen LogP contribution < -0.4 is 5.73 Å². The molecule has 1 atom stereocenters. The third-order valence-corrected chi connectivity index (χ3v) is 3.90. The molecule has 18 heavy (non-hydrogen) atoms. The molecule has 1 aliphatic heterocycles. The third kappa shape index (κ3) is 3.94. The second kappa shape index (κ2) is 6.68. The molecule has 1 unspecified atom stereocenters. The van der Waals surface area contributed by atoms with Gasteiger partial charge in [-0.15, -0.1) is 0 Å². The number of hydrogen-bond donors (Lipinski definition) is 1. The van der Waals surface area contributed by atoms with Crippen LogP contribution in [0.1, 0.15) is 6.92 Å². The van der Waals surface area contributed by atoms with Crippen molar-refractivity contribution < 1.29 is 0 Å². The molecule has 0 radical (unpaired) electrons. The zero-order valence-corrected chi connectivity index (χ0v) is 11.6. The number of guanidine groups is 1. The molecule has 100 valence electrons. The van der Waals surface area contributed by atoms with Crippen molar-refractivity contribution in [1.29, 1.82) is 0 Å². The van der Waals surface area contributed by atoms with Crippen LogP contribution in [-0.2, 0) is 6.54 Å². The second-order valence-electron chi connectivity index (χ2n) is 4.63. The number of nitrogens with zero attached hydrogens (tertiary/aromatic N) is 4. The Hall–Kier alpha value is -1.17. The standard InChI is InChI=1S/C12H21N5S/c1-11(10-17-4-2-3-15-17)9-14-12(13)16-5-7-18-8-6-16/h2-4,11H,5-10H2,1H3,(H2,13,14). The van der Waals surface area contributed by atoms with Gasteiger partial charge in [-0.2, -0.15) is 16.9 Å². The summed E-state index contributed by atoms with van der Waals surface area (Å²) in [6.45, 7) is 5.86. The number of rotatable bonds is 4. The van der Waals surface area contributed by atoms with E-state index in [1.165, 1.54) is 0 Å². The average Bonchev–Trinajstić information content (AvgIpc) is 2.90. The number of aromatic nitrogens is 2. The van der Waals surface area contributed by atoms with Gasteiger partial charge >= 0.3 is 0 Å². The van der Waals surface area contributed by atoms with Crippen molar-refractivity contribution in [2.24, 2.45) is 16.6 Å². The van der Waals surface area contributed by atoms with Crippen molar-refractivity contribution in [3.63, 3.8) is 0 Å². The average molecular weight is 267 g/mol. The summed E-state index contributed by atoms with van der Waals surface area (Å²) >= 11 is 1.98. The van der Waals surface area contributed by atoms with E-state index in [4.69, 9.17) is 5.73 Å². The van der Waals surface area contributed by atoms with Gasteiger partial charge < -0.3 is 10.6 Å². The van der Waals surface area contributed by atoms with Gasteiger partial charge in [-0.25, -0.2) is 0 Å². The lowest BCUT2D eigenvalue weighted by molar-refractivity contribution is 0.437. The molecule has 2 N–H and O–H groups in total. The fraction of sp³-hybridized carbons (Fsp3) is 0.667. The molecular formula is C12H21N5S. The van der Waals surface area contributed by atoms with Crippen LogP contribution in [-0.4, -0.2) is 51.8 Å². The summed E-state index contributed by atoms with van der Waals surface area (Å²) in [4.78, 5) is 6.68. The van der Waals surface area contributed by atoms with Crippen molar-refractivity contribution in [2.45, 2.75) is 13.5 Å². The molecule has 2 rings (SSSR count). The maximum absolute atomic E-state index is 6.01. The molecule has 0 amide bonds. The molecular weight excluding hydrogens is 246 g/mol. The molecule has 0 aliphatic carbocycles. The predicted molar refractivity (Wildman–Crippen MR) is 76.8 cm³/mol. The maximum atomic E-state index is 6.01. The first kappa shape index (κ1) is 13.3. The minimum atomic E-state index is 0.447. The van der Waals surface area contributed by atoms with E-state index in [1.807, 2.05) is 28.7 Å². The lowest BCUT2D eigenvalue weighted by atomic mass is 10.2. The Morgan fingerprint density at radius 2 is 2.28 bits per heavy atom. The third-order valence-electron chi connectivity index (χ3n) is 2.96. The summed E-state index contributed by atoms with van der Waals surface area (Å²) < 4.78 is 1.94. The van der Waals surface area contributed by atoms with Crippen LogP contribution in [0.5, 0.6) is 0 Å². The van der Waals surface area contributed by atoms with E-state index < -0.39 is 0 Å². The number of thioether (sulfide) groups is 1. The Kier molecular flexibility index (Phi) is 4.92. The van der Waals surface area contributed by atoms with Crippen LogP contribution in [0, 0.1) is 5.92 Å². The summed E-state index contributed by atoms with van der Waals surface area (Å²) in [7, 11) is 0. The Balaban J connectivity index is 1.78. The van der Waals surface area contributed by atoms with Gasteiger partial charge in [0, 0.05) is 50.1 Å². The van der Waals surface area contributed by atoms with Crippen LogP contribution in [0.4, 0.5) is 0 Å². The number of aliphatic imine (C=N–C) groups is 1. The Morgan fingerprint density at radius 1 is 1.50 bits per heavy atom. The lowest BCUT2D eigenvalue weighted by Gasteiger charge is -2.27. The molecule has 0 bridgehead atoms. The molecule has 1 fully saturated rings. The summed E-state index contributed by atoms with van der Waals surface area (Å²) in [5, 5.41) is 4.20. The molecule has 0 saturated carbocycles. The van der Waals surface area contributed by atoms with E-state index in [-0.39, 0.29) is 0 Å². The van der Waals surface area contributed by atoms with Crippen molar-refractivity contribution in [3.05, 3.63) is 18.5 Å². The highest BCUT2D eigenvalue weighted by molar-refractivity contribution is 7.99. The zero-order valence-electron chi connectivity index (χ0n) is 10.8. The van der Waals surface area contributed by atoms with Gasteiger partial charge in [0.05, 0.1) is 0 Å². The summed E-state index contributed by atoms with van der Waals surface area (Å²) in [6.07, 6.45) is 3.78. The zero-order chi connectivity index (χ0) is 12.8. The monoisotopic (exact) mass is 267 g/mol. The van der Waals surface area contributed by atoms with Gasteiger partial charge in [-0.05, 0) is 12.0 Å². The maximum Gasteiger partial charge on any atom is 0.191 e. The molecule has 5 nitrogen and oxygen atoms in total. The Labute approximate surface area is 112 Å². The SMILES string of the molecule is CC(CN=C(N)N1CCSCC1)Cn1cccn1. The Morgan fingerprint density at radius 3 is 2.94 bits per heavy atom. The van der Waals surface area contributed by atoms with Gasteiger partial charge in [0.25, 0.3) is 0 Å². The van der Waals surface area contributed by atoms with Crippen molar-refractivity contribution >= 4 is 17.7 Å². The van der Waals surface area contributed by atoms with E-state index in [2.05, 4.69) is 21.9 Å². The quantitative estimate of drug-likeness (QED) is 0.650. The van der Waals surface area contributed by atoms with Gasteiger partial charge in [-0.1, -0.05) is 6.92 Å². The summed E-state index contributed by atoms with van der Waals surface area (Å²) in [5.74, 6) is 3.45. The fourth-order valence-electron chi connectivity index (χ4n) is 1.93. The van der Waals surface area contributed by atoms with Gasteiger partial charge in [0.2, 0.25) is 0 Å². The summed E-state index contributed by atoms with van der Waals surface area (Å²) in [6, 6.07) is 1.94. The van der Waals surface area contributed by atoms with Crippen molar-refractivity contribution in [2.75, 3.05) is 31.1 Å². The molecule has 1 aliphatic rings. The van der Waals surface area contributed by atoms with E-state index in [0.29, 0.717) is 11.9 Å². The van der Waals surface area contributed by atoms with Crippen LogP contribution in [0.3, 0.4) is 0 Å². The molecule has 0 aromatic carbocycles. The second-order valence-corrected chi connectivity index (χ2v) is 5.86. The topological polar surface area (TPSA) is 59.4 Å². The van der Waals surface area contributed by atoms with Crippen molar-refractivity contribution in [1.82, 2.24) is 14.7 Å². The molecule has 1 aromatic heterocycles. The fourth-order valence-corrected chi connectivity index (χ4v) is 2.83. The van der Waals surface area contributed by atoms with Crippen LogP contribution in [0.25, 0.3) is 0 Å². The van der Waals surface area contributed by atoms with Crippen LogP contribution >= 0.6 is 11.8 Å². The number of nitrogens with two attached hydrogens (primary N) is 1. The highest BCUT2D eigenvalue weighted by atomic mass is 32.2. The van der Waals surface area contributed by atoms with Gasteiger partial charge in [0.15, 0.2) is 5.96 Å². The van der Waals surface area contributed by atoms with Crippen LogP contribution in [0.15, 0.2) is 23.5 Å². The molecule has 6 heteroatoms. The minimum absolute atomic E-state index is 0.447. The number of hydrogen-bond acceptors (Lipinski definition) is 3. The van der Waals surface area contributed by atoms with E-state index in [0.717, 1.165) is 37.7 Å². The lowest BCUT2D eigenvalue weighted by Crippen LogP contribution is -2.42. The first-order valence-electron chi connectivity index (χ1n) is 6.36. The normalized spacial score (nSPS) is 18.9.